The van der Waals surface area contributed by atoms with Crippen molar-refractivity contribution < 1.29 is 0 Å². The molecule has 0 saturated carbocycles. The summed E-state index contributed by atoms with van der Waals surface area (Å²) < 4.78 is 2.11. The quantitative estimate of drug-likeness (QED) is 0.423. The third-order valence-electron chi connectivity index (χ3n) is 5.21. The van der Waals surface area contributed by atoms with Gasteiger partial charge in [-0.25, -0.2) is 0 Å². The maximum Gasteiger partial charge on any atom is 0.349 e. The van der Waals surface area contributed by atoms with Crippen LogP contribution in [-0.2, 0) is 0 Å². The van der Waals surface area contributed by atoms with Crippen LogP contribution in [0.5, 0.6) is 0 Å². The summed E-state index contributed by atoms with van der Waals surface area (Å²) in [6, 6.07) is 39.4. The molecule has 142 valence electrons. The Hall–Kier alpha value is -3.92. The van der Waals surface area contributed by atoms with Gasteiger partial charge in [-0.05, 0) is 29.1 Å². The van der Waals surface area contributed by atoms with Gasteiger partial charge in [0.05, 0.1) is 17.1 Å². The average Bonchev–Trinajstić information content (AvgIpc) is 3.27. The standard InChI is InChI=1S/C26H20BN3/c1-4-12-21(13-5-1)25-20-26(24-18-10-11-19-28-24)30(29-25)27(22-14-6-2-7-15-22)23-16-8-3-9-17-23/h1-20H. The Kier molecular flexibility index (Phi) is 4.97. The molecule has 0 amide bonds. The molecule has 0 saturated heterocycles. The van der Waals surface area contributed by atoms with Gasteiger partial charge < -0.3 is 0 Å². The van der Waals surface area contributed by atoms with Crippen molar-refractivity contribution in [1.82, 2.24) is 14.7 Å². The molecule has 0 atom stereocenters. The highest BCUT2D eigenvalue weighted by atomic mass is 15.2. The molecule has 4 heteroatoms. The van der Waals surface area contributed by atoms with Gasteiger partial charge in [0.15, 0.2) is 0 Å². The third kappa shape index (κ3) is 3.56. The second kappa shape index (κ2) is 8.22. The van der Waals surface area contributed by atoms with Gasteiger partial charge >= 0.3 is 6.85 Å². The van der Waals surface area contributed by atoms with Crippen molar-refractivity contribution in [2.75, 3.05) is 0 Å². The molecule has 2 aromatic heterocycles. The molecular formula is C26H20BN3. The molecule has 5 aromatic rings. The van der Waals surface area contributed by atoms with E-state index in [1.807, 2.05) is 54.7 Å². The maximum absolute atomic E-state index is 5.09. The lowest BCUT2D eigenvalue weighted by Crippen LogP contribution is -2.49. The van der Waals surface area contributed by atoms with Crippen molar-refractivity contribution in [3.63, 3.8) is 0 Å². The molecule has 0 radical (unpaired) electrons. The zero-order valence-electron chi connectivity index (χ0n) is 16.5. The Morgan fingerprint density at radius 1 is 0.567 bits per heavy atom. The molecule has 0 unspecified atom stereocenters. The van der Waals surface area contributed by atoms with Gasteiger partial charge in [0, 0.05) is 11.8 Å². The van der Waals surface area contributed by atoms with Crippen LogP contribution in [0, 0.1) is 0 Å². The molecule has 0 aliphatic rings. The first-order chi connectivity index (χ1) is 14.9. The van der Waals surface area contributed by atoms with Crippen LogP contribution in [0.3, 0.4) is 0 Å². The van der Waals surface area contributed by atoms with Crippen LogP contribution >= 0.6 is 0 Å². The molecule has 30 heavy (non-hydrogen) atoms. The van der Waals surface area contributed by atoms with Crippen molar-refractivity contribution >= 4 is 17.8 Å². The van der Waals surface area contributed by atoms with E-state index in [4.69, 9.17) is 5.10 Å². The Balaban J connectivity index is 1.75. The first-order valence-electron chi connectivity index (χ1n) is 10.1. The smallest absolute Gasteiger partial charge is 0.296 e. The number of pyridine rings is 1. The molecule has 0 fully saturated rings. The summed E-state index contributed by atoms with van der Waals surface area (Å²) in [6.07, 6.45) is 1.83. The number of hydrogen-bond donors (Lipinski definition) is 0. The SMILES string of the molecule is c1ccc(B(c2ccccc2)n2nc(-c3ccccc3)cc2-c2ccccn2)cc1. The van der Waals surface area contributed by atoms with Crippen molar-refractivity contribution in [2.45, 2.75) is 0 Å². The number of aromatic nitrogens is 3. The zero-order chi connectivity index (χ0) is 20.2. The summed E-state index contributed by atoms with van der Waals surface area (Å²) in [5, 5.41) is 5.09. The van der Waals surface area contributed by atoms with Crippen molar-refractivity contribution in [1.29, 1.82) is 0 Å². The molecule has 0 aliphatic carbocycles. The molecule has 0 N–H and O–H groups in total. The summed E-state index contributed by atoms with van der Waals surface area (Å²) in [5.41, 5.74) is 6.30. The van der Waals surface area contributed by atoms with Crippen LogP contribution in [-0.4, -0.2) is 21.5 Å². The lowest BCUT2D eigenvalue weighted by Gasteiger charge is -2.17. The molecule has 3 nitrogen and oxygen atoms in total. The van der Waals surface area contributed by atoms with Crippen LogP contribution in [0.25, 0.3) is 22.6 Å². The second-order valence-corrected chi connectivity index (χ2v) is 7.16. The van der Waals surface area contributed by atoms with Gasteiger partial charge in [0.2, 0.25) is 0 Å². The molecule has 0 spiro atoms. The number of rotatable bonds is 5. The average molecular weight is 385 g/mol. The van der Waals surface area contributed by atoms with Crippen molar-refractivity contribution in [3.8, 4) is 22.6 Å². The largest absolute Gasteiger partial charge is 0.349 e. The van der Waals surface area contributed by atoms with Crippen molar-refractivity contribution in [2.24, 2.45) is 0 Å². The molecule has 0 bridgehead atoms. The van der Waals surface area contributed by atoms with E-state index in [9.17, 15) is 0 Å². The minimum atomic E-state index is -0.0538. The minimum absolute atomic E-state index is 0.0538. The van der Waals surface area contributed by atoms with E-state index in [1.54, 1.807) is 0 Å². The Labute approximate surface area is 176 Å². The van der Waals surface area contributed by atoms with Crippen LogP contribution < -0.4 is 10.9 Å². The first kappa shape index (κ1) is 18.1. The van der Waals surface area contributed by atoms with E-state index < -0.39 is 0 Å². The predicted octanol–water partition coefficient (Wildman–Crippen LogP) is 4.27. The number of benzene rings is 3. The summed E-state index contributed by atoms with van der Waals surface area (Å²) in [7, 11) is 0. The van der Waals surface area contributed by atoms with Gasteiger partial charge in [0.25, 0.3) is 0 Å². The minimum Gasteiger partial charge on any atom is -0.296 e. The van der Waals surface area contributed by atoms with E-state index in [0.717, 1.165) is 22.6 Å². The first-order valence-corrected chi connectivity index (χ1v) is 10.1. The van der Waals surface area contributed by atoms with Crippen LogP contribution in [0.2, 0.25) is 0 Å². The molecular weight excluding hydrogens is 365 g/mol. The predicted molar refractivity (Wildman–Crippen MR) is 124 cm³/mol. The molecule has 2 heterocycles. The lowest BCUT2D eigenvalue weighted by molar-refractivity contribution is 0.975. The normalized spacial score (nSPS) is 10.7. The van der Waals surface area contributed by atoms with Crippen LogP contribution in [0.4, 0.5) is 0 Å². The Bertz CT molecular complexity index is 1180. The fraction of sp³-hybridized carbons (Fsp3) is 0. The van der Waals surface area contributed by atoms with Gasteiger partial charge in [-0.3, -0.25) is 9.58 Å². The summed E-state index contributed by atoms with van der Waals surface area (Å²) in [4.78, 5) is 4.63. The van der Waals surface area contributed by atoms with Gasteiger partial charge in [-0.2, -0.15) is 5.10 Å². The highest BCUT2D eigenvalue weighted by Crippen LogP contribution is 2.25. The van der Waals surface area contributed by atoms with E-state index >= 15 is 0 Å². The zero-order valence-corrected chi connectivity index (χ0v) is 16.5. The van der Waals surface area contributed by atoms with E-state index in [2.05, 4.69) is 76.3 Å². The Morgan fingerprint density at radius 2 is 1.13 bits per heavy atom. The fourth-order valence-electron chi connectivity index (χ4n) is 3.79. The Morgan fingerprint density at radius 3 is 1.70 bits per heavy atom. The lowest BCUT2D eigenvalue weighted by atomic mass is 9.50. The van der Waals surface area contributed by atoms with E-state index in [1.165, 1.54) is 10.9 Å². The highest BCUT2D eigenvalue weighted by molar-refractivity contribution is 6.84. The second-order valence-electron chi connectivity index (χ2n) is 7.16. The van der Waals surface area contributed by atoms with E-state index in [0.29, 0.717) is 0 Å². The third-order valence-corrected chi connectivity index (χ3v) is 5.21. The topological polar surface area (TPSA) is 30.7 Å². The fourth-order valence-corrected chi connectivity index (χ4v) is 3.79. The molecule has 3 aromatic carbocycles. The van der Waals surface area contributed by atoms with Crippen LogP contribution in [0.15, 0.2) is 121 Å². The summed E-state index contributed by atoms with van der Waals surface area (Å²) >= 11 is 0. The summed E-state index contributed by atoms with van der Waals surface area (Å²) in [5.74, 6) is 0. The van der Waals surface area contributed by atoms with E-state index in [-0.39, 0.29) is 6.85 Å². The molecule has 0 aliphatic heterocycles. The van der Waals surface area contributed by atoms with Gasteiger partial charge in [-0.15, -0.1) is 0 Å². The highest BCUT2D eigenvalue weighted by Gasteiger charge is 2.27. The van der Waals surface area contributed by atoms with Crippen molar-refractivity contribution in [3.05, 3.63) is 121 Å². The number of nitrogens with zero attached hydrogens (tertiary/aromatic N) is 3. The van der Waals surface area contributed by atoms with Crippen LogP contribution in [0.1, 0.15) is 0 Å². The van der Waals surface area contributed by atoms with Gasteiger partial charge in [-0.1, -0.05) is 97.1 Å². The molecule has 5 rings (SSSR count). The maximum atomic E-state index is 5.09. The monoisotopic (exact) mass is 385 g/mol. The number of hydrogen-bond acceptors (Lipinski definition) is 2. The van der Waals surface area contributed by atoms with Gasteiger partial charge in [0.1, 0.15) is 0 Å². The summed E-state index contributed by atoms with van der Waals surface area (Å²) in [6.45, 7) is -0.0538.